The number of rotatable bonds is 6. The summed E-state index contributed by atoms with van der Waals surface area (Å²) in [7, 11) is 0. The lowest BCUT2D eigenvalue weighted by molar-refractivity contribution is 0.0849. The van der Waals surface area contributed by atoms with Gasteiger partial charge < -0.3 is 14.6 Å². The number of hydrogen-bond donors (Lipinski definition) is 1. The van der Waals surface area contributed by atoms with E-state index in [-0.39, 0.29) is 11.9 Å². The summed E-state index contributed by atoms with van der Waals surface area (Å²) >= 11 is 0. The lowest BCUT2D eigenvalue weighted by atomic mass is 9.93. The van der Waals surface area contributed by atoms with E-state index >= 15 is 0 Å². The van der Waals surface area contributed by atoms with E-state index < -0.39 is 5.60 Å². The first-order valence-electron chi connectivity index (χ1n) is 9.84. The molecule has 1 N–H and O–H groups in total. The van der Waals surface area contributed by atoms with Gasteiger partial charge in [0.1, 0.15) is 24.2 Å². The first kappa shape index (κ1) is 20.9. The number of ketones is 1. The highest BCUT2D eigenvalue weighted by Crippen LogP contribution is 2.42. The van der Waals surface area contributed by atoms with Gasteiger partial charge in [-0.05, 0) is 57.5 Å². The summed E-state index contributed by atoms with van der Waals surface area (Å²) in [6, 6.07) is 13.3. The fourth-order valence-corrected chi connectivity index (χ4v) is 3.11. The monoisotopic (exact) mass is 392 g/mol. The van der Waals surface area contributed by atoms with Gasteiger partial charge in [0.25, 0.3) is 0 Å². The van der Waals surface area contributed by atoms with Crippen molar-refractivity contribution in [1.82, 2.24) is 0 Å². The molecule has 1 atom stereocenters. The fraction of sp³-hybridized carbons (Fsp3) is 0.320. The third-order valence-electron chi connectivity index (χ3n) is 4.65. The van der Waals surface area contributed by atoms with Gasteiger partial charge in [0.15, 0.2) is 5.78 Å². The second kappa shape index (κ2) is 8.66. The summed E-state index contributed by atoms with van der Waals surface area (Å²) < 4.78 is 12.3. The average molecular weight is 392 g/mol. The van der Waals surface area contributed by atoms with Crippen LogP contribution in [0.5, 0.6) is 11.5 Å². The van der Waals surface area contributed by atoms with Crippen molar-refractivity contribution >= 4 is 11.9 Å². The van der Waals surface area contributed by atoms with Crippen LogP contribution in [-0.4, -0.2) is 23.1 Å². The third-order valence-corrected chi connectivity index (χ3v) is 4.65. The number of carbonyl (C=O) groups is 1. The molecule has 0 spiro atoms. The number of carbonyl (C=O) groups excluding carboxylic acids is 1. The Bertz CT molecular complexity index is 929. The van der Waals surface area contributed by atoms with Crippen molar-refractivity contribution in [2.45, 2.75) is 45.8 Å². The summed E-state index contributed by atoms with van der Waals surface area (Å²) in [5, 5.41) is 10.2. The normalized spacial score (nSPS) is 16.3. The zero-order valence-electron chi connectivity index (χ0n) is 17.4. The van der Waals surface area contributed by atoms with Crippen LogP contribution in [0.2, 0.25) is 0 Å². The molecule has 0 amide bonds. The number of benzene rings is 2. The van der Waals surface area contributed by atoms with Crippen LogP contribution in [0, 0.1) is 0 Å². The Morgan fingerprint density at radius 1 is 1.21 bits per heavy atom. The average Bonchev–Trinajstić information content (AvgIpc) is 2.66. The molecule has 29 heavy (non-hydrogen) atoms. The van der Waals surface area contributed by atoms with Crippen LogP contribution in [0.4, 0.5) is 0 Å². The van der Waals surface area contributed by atoms with E-state index in [1.54, 1.807) is 38.1 Å². The Hall–Kier alpha value is -2.85. The Balaban J connectivity index is 2.04. The Morgan fingerprint density at radius 3 is 2.59 bits per heavy atom. The van der Waals surface area contributed by atoms with E-state index in [1.165, 1.54) is 0 Å². The van der Waals surface area contributed by atoms with E-state index in [2.05, 4.69) is 0 Å². The van der Waals surface area contributed by atoms with E-state index in [0.29, 0.717) is 35.7 Å². The second-order valence-electron chi connectivity index (χ2n) is 8.08. The lowest BCUT2D eigenvalue weighted by Crippen LogP contribution is -2.21. The minimum absolute atomic E-state index is 0.0360. The van der Waals surface area contributed by atoms with Gasteiger partial charge in [-0.2, -0.15) is 0 Å². The van der Waals surface area contributed by atoms with Crippen molar-refractivity contribution < 1.29 is 19.4 Å². The number of aliphatic hydroxyl groups is 1. The highest BCUT2D eigenvalue weighted by atomic mass is 16.5. The highest BCUT2D eigenvalue weighted by Gasteiger charge is 2.30. The Labute approximate surface area is 172 Å². The van der Waals surface area contributed by atoms with Crippen molar-refractivity contribution in [3.8, 4) is 11.5 Å². The third kappa shape index (κ3) is 5.36. The predicted octanol–water partition coefficient (Wildman–Crippen LogP) is 5.52. The summed E-state index contributed by atoms with van der Waals surface area (Å²) in [6.07, 6.45) is 5.39. The van der Waals surface area contributed by atoms with E-state index in [9.17, 15) is 9.90 Å². The first-order chi connectivity index (χ1) is 13.7. The number of hydrogen-bond acceptors (Lipinski definition) is 4. The molecule has 4 heteroatoms. The molecular formula is C25H28O4. The van der Waals surface area contributed by atoms with Crippen molar-refractivity contribution in [2.75, 3.05) is 6.61 Å². The molecule has 1 heterocycles. The van der Waals surface area contributed by atoms with Crippen LogP contribution in [0.3, 0.4) is 0 Å². The summed E-state index contributed by atoms with van der Waals surface area (Å²) in [5.41, 5.74) is 2.33. The fourth-order valence-electron chi connectivity index (χ4n) is 3.11. The summed E-state index contributed by atoms with van der Waals surface area (Å²) in [5.74, 6) is 1.16. The van der Waals surface area contributed by atoms with Gasteiger partial charge in [0.2, 0.25) is 0 Å². The van der Waals surface area contributed by atoms with E-state index in [4.69, 9.17) is 9.47 Å². The van der Waals surface area contributed by atoms with Crippen molar-refractivity contribution in [2.24, 2.45) is 0 Å². The smallest absolute Gasteiger partial charge is 0.170 e. The quantitative estimate of drug-likeness (QED) is 0.658. The van der Waals surface area contributed by atoms with Gasteiger partial charge in [-0.25, -0.2) is 0 Å². The van der Waals surface area contributed by atoms with Crippen LogP contribution >= 0.6 is 0 Å². The van der Waals surface area contributed by atoms with Crippen molar-refractivity contribution in [3.63, 3.8) is 0 Å². The van der Waals surface area contributed by atoms with E-state index in [1.807, 2.05) is 50.3 Å². The van der Waals surface area contributed by atoms with Crippen LogP contribution in [0.1, 0.15) is 61.7 Å². The maximum Gasteiger partial charge on any atom is 0.170 e. The zero-order chi connectivity index (χ0) is 21.0. The predicted molar refractivity (Wildman–Crippen MR) is 115 cm³/mol. The topological polar surface area (TPSA) is 55.8 Å². The second-order valence-corrected chi connectivity index (χ2v) is 8.08. The molecule has 0 radical (unpaired) electrons. The van der Waals surface area contributed by atoms with Gasteiger partial charge in [-0.15, -0.1) is 0 Å². The molecule has 4 nitrogen and oxygen atoms in total. The van der Waals surface area contributed by atoms with Gasteiger partial charge >= 0.3 is 0 Å². The molecule has 0 saturated heterocycles. The molecule has 3 rings (SSSR count). The lowest BCUT2D eigenvalue weighted by Gasteiger charge is -2.28. The molecule has 0 aromatic heterocycles. The van der Waals surface area contributed by atoms with Crippen molar-refractivity contribution in [3.05, 3.63) is 76.9 Å². The number of fused-ring (bicyclic) bond motifs is 1. The molecule has 1 aliphatic rings. The van der Waals surface area contributed by atoms with Gasteiger partial charge in [0.05, 0.1) is 23.1 Å². The molecule has 0 saturated carbocycles. The highest BCUT2D eigenvalue weighted by molar-refractivity contribution is 6.01. The molecular weight excluding hydrogens is 364 g/mol. The van der Waals surface area contributed by atoms with Crippen LogP contribution < -0.4 is 9.47 Å². The maximum atomic E-state index is 12.8. The number of Topliss-reactive ketones (excluding diaryl/α,β-unsaturated/α-hetero) is 1. The zero-order valence-corrected chi connectivity index (χ0v) is 17.4. The molecule has 0 aliphatic carbocycles. The molecule has 0 fully saturated rings. The Kier molecular flexibility index (Phi) is 6.23. The van der Waals surface area contributed by atoms with Crippen LogP contribution in [-0.2, 0) is 0 Å². The minimum Gasteiger partial charge on any atom is -0.489 e. The van der Waals surface area contributed by atoms with E-state index in [0.717, 1.165) is 11.1 Å². The van der Waals surface area contributed by atoms with Gasteiger partial charge in [-0.1, -0.05) is 42.0 Å². The first-order valence-corrected chi connectivity index (χ1v) is 9.84. The largest absolute Gasteiger partial charge is 0.489 e. The number of allylic oxidation sites excluding steroid dienone is 1. The Morgan fingerprint density at radius 2 is 1.93 bits per heavy atom. The van der Waals surface area contributed by atoms with Gasteiger partial charge in [-0.3, -0.25) is 4.79 Å². The molecule has 152 valence electrons. The molecule has 2 aromatic carbocycles. The maximum absolute atomic E-state index is 12.8. The number of ether oxygens (including phenoxy) is 2. The molecule has 0 bridgehead atoms. The van der Waals surface area contributed by atoms with Crippen molar-refractivity contribution in [1.29, 1.82) is 0 Å². The van der Waals surface area contributed by atoms with Gasteiger partial charge in [0, 0.05) is 0 Å². The summed E-state index contributed by atoms with van der Waals surface area (Å²) in [4.78, 5) is 12.8. The SMILES string of the molecule is CC(C)=CCOc1ccc2c(c1C=CC(C)(C)O)O[C@H](c1ccccc1)CC2=O. The molecule has 0 unspecified atom stereocenters. The van der Waals surface area contributed by atoms with Crippen LogP contribution in [0.15, 0.2) is 60.2 Å². The summed E-state index contributed by atoms with van der Waals surface area (Å²) in [6.45, 7) is 7.83. The standard InChI is InChI=1S/C25H28O4/c1-17(2)13-15-28-22-11-10-19-21(26)16-23(18-8-6-5-7-9-18)29-24(19)20(22)12-14-25(3,4)27/h5-14,23,27H,15-16H2,1-4H3/t23-/m0/s1. The molecule has 1 aliphatic heterocycles. The minimum atomic E-state index is -1.00. The molecule has 2 aromatic rings. The van der Waals surface area contributed by atoms with Crippen LogP contribution in [0.25, 0.3) is 6.08 Å².